The average molecular weight is 959 g/mol. The molecule has 7 aliphatic rings. The predicted octanol–water partition coefficient (Wildman–Crippen LogP) is -0.640. The molecule has 3 unspecified atom stereocenters. The number of aliphatic hydroxyl groups excluding tert-OH is 11. The summed E-state index contributed by atoms with van der Waals surface area (Å²) >= 11 is 0. The van der Waals surface area contributed by atoms with Gasteiger partial charge in [-0.05, 0) is 86.9 Å². The molecule has 384 valence electrons. The first-order chi connectivity index (χ1) is 31.2. The van der Waals surface area contributed by atoms with Crippen LogP contribution in [-0.4, -0.2) is 191 Å². The van der Waals surface area contributed by atoms with Gasteiger partial charge >= 0.3 is 0 Å². The van der Waals surface area contributed by atoms with E-state index < -0.39 is 134 Å². The number of aliphatic hydroxyl groups is 11. The van der Waals surface area contributed by atoms with Gasteiger partial charge in [0.2, 0.25) is 0 Å². The summed E-state index contributed by atoms with van der Waals surface area (Å²) < 4.78 is 35.0. The summed E-state index contributed by atoms with van der Waals surface area (Å²) in [7, 11) is 0. The first kappa shape index (κ1) is 53.2. The quantitative estimate of drug-likeness (QED) is 0.0965. The van der Waals surface area contributed by atoms with Crippen LogP contribution in [0.15, 0.2) is 11.6 Å². The van der Waals surface area contributed by atoms with E-state index in [2.05, 4.69) is 33.8 Å². The number of fused-ring (bicyclic) bond motifs is 5. The number of hydrogen-bond acceptors (Lipinski definition) is 19. The maximum Gasteiger partial charge on any atom is 0.187 e. The Morgan fingerprint density at radius 3 is 1.87 bits per heavy atom. The Morgan fingerprint density at radius 1 is 0.731 bits per heavy atom. The lowest BCUT2D eigenvalue weighted by molar-refractivity contribution is -0.340. The summed E-state index contributed by atoms with van der Waals surface area (Å²) in [6, 6.07) is 0. The number of ketones is 2. The molecule has 0 spiro atoms. The topological polar surface area (TPSA) is 312 Å². The molecule has 19 nitrogen and oxygen atoms in total. The van der Waals surface area contributed by atoms with Crippen LogP contribution in [0.5, 0.6) is 0 Å². The second-order valence-electron chi connectivity index (χ2n) is 22.6. The fourth-order valence-corrected chi connectivity index (χ4v) is 13.7. The van der Waals surface area contributed by atoms with Crippen molar-refractivity contribution in [1.82, 2.24) is 0 Å². The summed E-state index contributed by atoms with van der Waals surface area (Å²) in [5, 5.41) is 114. The highest BCUT2D eigenvalue weighted by Gasteiger charge is 2.70. The fourth-order valence-electron chi connectivity index (χ4n) is 13.7. The molecule has 0 radical (unpaired) electrons. The second-order valence-corrected chi connectivity index (χ2v) is 22.6. The Balaban J connectivity index is 1.00. The lowest BCUT2D eigenvalue weighted by atomic mass is 9.38. The summed E-state index contributed by atoms with van der Waals surface area (Å²) in [6.45, 7) is 14.3. The van der Waals surface area contributed by atoms with Gasteiger partial charge in [-0.2, -0.15) is 0 Å². The monoisotopic (exact) mass is 959 g/mol. The molecule has 6 fully saturated rings. The van der Waals surface area contributed by atoms with Crippen molar-refractivity contribution in [1.29, 1.82) is 0 Å². The number of carbonyl (C=O) groups is 2. The zero-order valence-electron chi connectivity index (χ0n) is 40.1. The van der Waals surface area contributed by atoms with E-state index in [-0.39, 0.29) is 52.5 Å². The van der Waals surface area contributed by atoms with Gasteiger partial charge in [0.05, 0.1) is 25.9 Å². The Bertz CT molecular complexity index is 1810. The zero-order chi connectivity index (χ0) is 49.5. The number of allylic oxidation sites excluding steroid dienone is 1. The highest BCUT2D eigenvalue weighted by molar-refractivity contribution is 5.88. The van der Waals surface area contributed by atoms with Crippen molar-refractivity contribution >= 4 is 11.6 Å². The largest absolute Gasteiger partial charge is 0.394 e. The smallest absolute Gasteiger partial charge is 0.187 e. The minimum Gasteiger partial charge on any atom is -0.394 e. The van der Waals surface area contributed by atoms with Crippen LogP contribution in [0.3, 0.4) is 0 Å². The number of Topliss-reactive ketones (excluding diaryl/α,β-unsaturated/α-hetero) is 2. The molecule has 4 aliphatic carbocycles. The van der Waals surface area contributed by atoms with E-state index in [0.29, 0.717) is 32.1 Å². The van der Waals surface area contributed by atoms with E-state index in [4.69, 9.17) is 28.4 Å². The lowest BCUT2D eigenvalue weighted by Crippen LogP contribution is -2.64. The number of carbonyl (C=O) groups excluding carboxylic acids is 2. The molecule has 23 atom stereocenters. The van der Waals surface area contributed by atoms with Crippen molar-refractivity contribution in [2.24, 2.45) is 45.3 Å². The van der Waals surface area contributed by atoms with E-state index in [1.165, 1.54) is 0 Å². The van der Waals surface area contributed by atoms with Crippen LogP contribution >= 0.6 is 0 Å². The van der Waals surface area contributed by atoms with Crippen LogP contribution < -0.4 is 0 Å². The third-order valence-corrected chi connectivity index (χ3v) is 18.3. The molecular formula is C48H78O19. The Kier molecular flexibility index (Phi) is 15.4. The molecule has 3 heterocycles. The molecule has 0 bridgehead atoms. The predicted molar refractivity (Wildman–Crippen MR) is 233 cm³/mol. The van der Waals surface area contributed by atoms with Gasteiger partial charge in [0, 0.05) is 23.7 Å². The molecule has 0 amide bonds. The van der Waals surface area contributed by atoms with E-state index in [9.17, 15) is 65.8 Å². The third kappa shape index (κ3) is 8.95. The van der Waals surface area contributed by atoms with Crippen molar-refractivity contribution in [2.45, 2.75) is 211 Å². The molecule has 3 saturated heterocycles. The first-order valence-corrected chi connectivity index (χ1v) is 24.2. The average Bonchev–Trinajstić information content (AvgIpc) is 3.55. The molecular weight excluding hydrogens is 881 g/mol. The van der Waals surface area contributed by atoms with Crippen molar-refractivity contribution in [2.75, 3.05) is 19.8 Å². The Hall–Kier alpha value is -1.60. The molecule has 3 aliphatic heterocycles. The van der Waals surface area contributed by atoms with E-state index in [1.807, 2.05) is 13.8 Å². The fraction of sp³-hybridized carbons (Fsp3) is 0.917. The minimum atomic E-state index is -1.70. The SMILES string of the molecule is CC(CCC(=O)C(C)(C)O[C@@H]1O[C@@H](CO)[C@@H](O)[C@H](O)[C@@H]1O)[C@H]1CC[C@@]2(C)[C@@H]3CC=C4[C@@H](CC[C@H](O[C@@H]5O[C@@H](CO[C@@H]6O[C@@H](CO)[C@@H](O)[C@H](O)C6O)[C@@H](O)[C@H](O)C5O)C4(C)C)[C@]3(C)C(=O)C[C@@]12C. The lowest BCUT2D eigenvalue weighted by Gasteiger charge is -2.65. The molecule has 67 heavy (non-hydrogen) atoms. The third-order valence-electron chi connectivity index (χ3n) is 18.3. The molecule has 7 rings (SSSR count). The first-order valence-electron chi connectivity index (χ1n) is 24.2. The highest BCUT2D eigenvalue weighted by atomic mass is 16.7. The van der Waals surface area contributed by atoms with Crippen LogP contribution in [0.1, 0.15) is 107 Å². The van der Waals surface area contributed by atoms with Gasteiger partial charge in [-0.3, -0.25) is 9.59 Å². The van der Waals surface area contributed by atoms with Gasteiger partial charge < -0.3 is 84.6 Å². The van der Waals surface area contributed by atoms with Gasteiger partial charge in [0.25, 0.3) is 0 Å². The zero-order valence-corrected chi connectivity index (χ0v) is 40.1. The summed E-state index contributed by atoms with van der Waals surface area (Å²) in [5.74, 6) is 0.176. The van der Waals surface area contributed by atoms with Gasteiger partial charge in [0.15, 0.2) is 24.7 Å². The van der Waals surface area contributed by atoms with Crippen molar-refractivity contribution < 1.29 is 94.2 Å². The number of rotatable bonds is 14. The van der Waals surface area contributed by atoms with E-state index in [0.717, 1.165) is 18.4 Å². The maximum atomic E-state index is 15.0. The van der Waals surface area contributed by atoms with E-state index in [1.54, 1.807) is 13.8 Å². The number of ether oxygens (including phenoxy) is 6. The van der Waals surface area contributed by atoms with Crippen molar-refractivity contribution in [3.05, 3.63) is 11.6 Å². The van der Waals surface area contributed by atoms with Crippen molar-refractivity contribution in [3.63, 3.8) is 0 Å². The molecule has 11 N–H and O–H groups in total. The molecule has 3 saturated carbocycles. The summed E-state index contributed by atoms with van der Waals surface area (Å²) in [6.07, 6.45) is -16.4. The van der Waals surface area contributed by atoms with Gasteiger partial charge in [-0.1, -0.05) is 53.2 Å². The maximum absolute atomic E-state index is 15.0. The Labute approximate surface area is 392 Å². The van der Waals surface area contributed by atoms with Crippen LogP contribution in [0, 0.1) is 45.3 Å². The number of hydrogen-bond donors (Lipinski definition) is 11. The highest BCUT2D eigenvalue weighted by Crippen LogP contribution is 2.74. The van der Waals surface area contributed by atoms with Crippen molar-refractivity contribution in [3.8, 4) is 0 Å². The van der Waals surface area contributed by atoms with Crippen LogP contribution in [0.25, 0.3) is 0 Å². The van der Waals surface area contributed by atoms with Gasteiger partial charge in [-0.15, -0.1) is 0 Å². The normalized spacial score (nSPS) is 49.3. The van der Waals surface area contributed by atoms with E-state index >= 15 is 0 Å². The Morgan fingerprint density at radius 2 is 1.27 bits per heavy atom. The summed E-state index contributed by atoms with van der Waals surface area (Å²) in [4.78, 5) is 28.7. The molecule has 0 aromatic heterocycles. The summed E-state index contributed by atoms with van der Waals surface area (Å²) in [5.41, 5.74) is -2.19. The molecule has 19 heteroatoms. The molecule has 0 aromatic carbocycles. The van der Waals surface area contributed by atoms with Crippen LogP contribution in [0.2, 0.25) is 0 Å². The van der Waals surface area contributed by atoms with Crippen LogP contribution in [0.4, 0.5) is 0 Å². The van der Waals surface area contributed by atoms with Crippen LogP contribution in [-0.2, 0) is 38.0 Å². The minimum absolute atomic E-state index is 0.0440. The standard InChI is InChI=1S/C48H78O19/c1-21(9-13-29(51)45(4,5)67-43-40(61)36(57)33(54)26(19-50)64-43)22-15-16-46(6)28-12-10-23-24(48(28,8)30(52)17-47(22,46)7)11-14-31(44(23,2)3)66-42-39(60)37(58)34(55)27(65-42)20-62-41-38(59)35(56)32(53)25(18-49)63-41/h10,21-22,24-28,31-43,49-50,53-61H,9,11-20H2,1-8H3/t21?,22-,24-,25+,26+,27+,28+,31+,32-,33-,34-,35+,36+,37+,38?,39?,40+,41-,42+,43+,46+,47+,48+/m1/s1. The second kappa shape index (κ2) is 19.4. The van der Waals surface area contributed by atoms with Gasteiger partial charge in [-0.25, -0.2) is 0 Å². The van der Waals surface area contributed by atoms with Gasteiger partial charge in [0.1, 0.15) is 84.6 Å². The molecule has 0 aromatic rings.